The first-order chi connectivity index (χ1) is 30.8. The molecule has 0 bridgehead atoms. The SMILES string of the molecule is c1ccc(N(c2ccccc2)c2ccc3c(c2)C2(c4ccccc4-3)c3ccccc3-c3cc4ccccc4c(N(c4ccccc4)c4cccc5oc6ccccc6c45)c32)cc1. The lowest BCUT2D eigenvalue weighted by Crippen LogP contribution is -2.29. The van der Waals surface area contributed by atoms with Crippen LogP contribution in [0.4, 0.5) is 34.1 Å². The second-order valence-electron chi connectivity index (χ2n) is 16.4. The zero-order chi connectivity index (χ0) is 40.8. The molecule has 1 spiro atoms. The average molecular weight is 791 g/mol. The molecule has 1 unspecified atom stereocenters. The van der Waals surface area contributed by atoms with Gasteiger partial charge in [-0.3, -0.25) is 0 Å². The highest BCUT2D eigenvalue weighted by atomic mass is 16.3. The van der Waals surface area contributed by atoms with E-state index < -0.39 is 5.41 Å². The van der Waals surface area contributed by atoms with Crippen LogP contribution in [0.1, 0.15) is 22.3 Å². The van der Waals surface area contributed by atoms with Crippen molar-refractivity contribution in [1.29, 1.82) is 0 Å². The molecule has 0 amide bonds. The number of nitrogens with zero attached hydrogens (tertiary/aromatic N) is 2. The first-order valence-electron chi connectivity index (χ1n) is 21.4. The zero-order valence-electron chi connectivity index (χ0n) is 33.7. The second-order valence-corrected chi connectivity index (χ2v) is 16.4. The van der Waals surface area contributed by atoms with Crippen molar-refractivity contribution in [2.45, 2.75) is 5.41 Å². The van der Waals surface area contributed by atoms with Gasteiger partial charge in [0.05, 0.1) is 22.2 Å². The highest BCUT2D eigenvalue weighted by Crippen LogP contribution is 2.67. The van der Waals surface area contributed by atoms with Gasteiger partial charge in [-0.05, 0) is 117 Å². The Morgan fingerprint density at radius 3 is 1.56 bits per heavy atom. The first kappa shape index (κ1) is 34.7. The molecule has 1 aromatic heterocycles. The summed E-state index contributed by atoms with van der Waals surface area (Å²) in [5.74, 6) is 0. The van der Waals surface area contributed by atoms with Crippen LogP contribution in [-0.4, -0.2) is 0 Å². The minimum absolute atomic E-state index is 0.675. The van der Waals surface area contributed by atoms with Gasteiger partial charge in [0.25, 0.3) is 0 Å². The third-order valence-corrected chi connectivity index (χ3v) is 13.2. The lowest BCUT2D eigenvalue weighted by Gasteiger charge is -2.37. The van der Waals surface area contributed by atoms with E-state index in [4.69, 9.17) is 4.42 Å². The molecule has 0 aliphatic heterocycles. The van der Waals surface area contributed by atoms with Gasteiger partial charge >= 0.3 is 0 Å². The molecule has 0 fully saturated rings. The maximum Gasteiger partial charge on any atom is 0.137 e. The molecule has 0 N–H and O–H groups in total. The van der Waals surface area contributed by atoms with Crippen molar-refractivity contribution >= 4 is 66.8 Å². The molecular weight excluding hydrogens is 753 g/mol. The van der Waals surface area contributed by atoms with Gasteiger partial charge < -0.3 is 14.2 Å². The van der Waals surface area contributed by atoms with Gasteiger partial charge in [-0.15, -0.1) is 0 Å². The smallest absolute Gasteiger partial charge is 0.137 e. The van der Waals surface area contributed by atoms with E-state index in [9.17, 15) is 0 Å². The van der Waals surface area contributed by atoms with Crippen molar-refractivity contribution in [1.82, 2.24) is 0 Å². The summed E-state index contributed by atoms with van der Waals surface area (Å²) in [7, 11) is 0. The van der Waals surface area contributed by atoms with Crippen LogP contribution in [0.25, 0.3) is 55.0 Å². The summed E-state index contributed by atoms with van der Waals surface area (Å²) in [6.07, 6.45) is 0. The summed E-state index contributed by atoms with van der Waals surface area (Å²) >= 11 is 0. The molecule has 0 saturated heterocycles. The van der Waals surface area contributed by atoms with Crippen LogP contribution >= 0.6 is 0 Å². The van der Waals surface area contributed by atoms with E-state index in [0.717, 1.165) is 56.1 Å². The number of hydrogen-bond acceptors (Lipinski definition) is 3. The topological polar surface area (TPSA) is 19.6 Å². The van der Waals surface area contributed by atoms with Crippen molar-refractivity contribution in [3.05, 3.63) is 253 Å². The molecule has 2 aliphatic rings. The molecule has 1 atom stereocenters. The van der Waals surface area contributed by atoms with E-state index in [0.29, 0.717) is 0 Å². The van der Waals surface area contributed by atoms with Gasteiger partial charge in [0.15, 0.2) is 0 Å². The van der Waals surface area contributed by atoms with Crippen molar-refractivity contribution in [3.63, 3.8) is 0 Å². The molecule has 11 aromatic rings. The van der Waals surface area contributed by atoms with Gasteiger partial charge in [-0.2, -0.15) is 0 Å². The third kappa shape index (κ3) is 4.82. The van der Waals surface area contributed by atoms with Gasteiger partial charge in [-0.25, -0.2) is 0 Å². The van der Waals surface area contributed by atoms with Gasteiger partial charge in [0.1, 0.15) is 11.2 Å². The molecule has 3 nitrogen and oxygen atoms in total. The van der Waals surface area contributed by atoms with Crippen molar-refractivity contribution in [2.75, 3.05) is 9.80 Å². The number of benzene rings is 10. The first-order valence-corrected chi connectivity index (χ1v) is 21.4. The van der Waals surface area contributed by atoms with Crippen LogP contribution in [0.15, 0.2) is 235 Å². The Bertz CT molecular complexity index is 3500. The predicted molar refractivity (Wildman–Crippen MR) is 257 cm³/mol. The summed E-state index contributed by atoms with van der Waals surface area (Å²) < 4.78 is 6.61. The third-order valence-electron chi connectivity index (χ3n) is 13.2. The number of anilines is 6. The minimum atomic E-state index is -0.675. The largest absolute Gasteiger partial charge is 0.456 e. The zero-order valence-corrected chi connectivity index (χ0v) is 33.7. The van der Waals surface area contributed by atoms with Crippen LogP contribution in [-0.2, 0) is 5.41 Å². The summed E-state index contributed by atoms with van der Waals surface area (Å²) in [5, 5.41) is 4.56. The molecule has 0 radical (unpaired) electrons. The average Bonchev–Trinajstić information content (AvgIpc) is 3.97. The number of para-hydroxylation sites is 4. The van der Waals surface area contributed by atoms with Crippen LogP contribution in [0.5, 0.6) is 0 Å². The fraction of sp³-hybridized carbons (Fsp3) is 0.0169. The fourth-order valence-corrected chi connectivity index (χ4v) is 10.8. The molecule has 0 saturated carbocycles. The van der Waals surface area contributed by atoms with E-state index >= 15 is 0 Å². The van der Waals surface area contributed by atoms with Crippen LogP contribution in [0.2, 0.25) is 0 Å². The summed E-state index contributed by atoms with van der Waals surface area (Å²) in [6, 6.07) is 84.1. The van der Waals surface area contributed by atoms with E-state index in [-0.39, 0.29) is 0 Å². The summed E-state index contributed by atoms with van der Waals surface area (Å²) in [6.45, 7) is 0. The van der Waals surface area contributed by atoms with Gasteiger partial charge in [0.2, 0.25) is 0 Å². The molecular formula is C59H38N2O. The van der Waals surface area contributed by atoms with Crippen molar-refractivity contribution in [3.8, 4) is 22.3 Å². The number of rotatable bonds is 6. The number of hydrogen-bond donors (Lipinski definition) is 0. The monoisotopic (exact) mass is 790 g/mol. The molecule has 290 valence electrons. The van der Waals surface area contributed by atoms with Gasteiger partial charge in [-0.1, -0.05) is 158 Å². The Morgan fingerprint density at radius 1 is 0.339 bits per heavy atom. The van der Waals surface area contributed by atoms with Crippen LogP contribution in [0.3, 0.4) is 0 Å². The summed E-state index contributed by atoms with van der Waals surface area (Å²) in [4.78, 5) is 4.92. The lowest BCUT2D eigenvalue weighted by molar-refractivity contribution is 0.669. The maximum absolute atomic E-state index is 6.61. The molecule has 13 rings (SSSR count). The second kappa shape index (κ2) is 13.4. The Labute approximate surface area is 360 Å². The van der Waals surface area contributed by atoms with Crippen LogP contribution in [0, 0.1) is 0 Å². The van der Waals surface area contributed by atoms with E-state index in [2.05, 4.69) is 240 Å². The van der Waals surface area contributed by atoms with Crippen molar-refractivity contribution < 1.29 is 4.42 Å². The van der Waals surface area contributed by atoms with E-state index in [1.54, 1.807) is 0 Å². The highest BCUT2D eigenvalue weighted by Gasteiger charge is 2.54. The quantitative estimate of drug-likeness (QED) is 0.167. The fourth-order valence-electron chi connectivity index (χ4n) is 10.8. The summed E-state index contributed by atoms with van der Waals surface area (Å²) in [5.41, 5.74) is 17.9. The number of fused-ring (bicyclic) bond motifs is 14. The Balaban J connectivity index is 1.20. The van der Waals surface area contributed by atoms with E-state index in [1.165, 1.54) is 55.3 Å². The molecule has 62 heavy (non-hydrogen) atoms. The Kier molecular flexibility index (Phi) is 7.52. The normalized spacial score (nSPS) is 14.5. The van der Waals surface area contributed by atoms with Crippen LogP contribution < -0.4 is 9.80 Å². The number of furan rings is 1. The Hall–Kier alpha value is -8.14. The molecule has 3 heteroatoms. The van der Waals surface area contributed by atoms with Crippen molar-refractivity contribution in [2.24, 2.45) is 0 Å². The minimum Gasteiger partial charge on any atom is -0.456 e. The highest BCUT2D eigenvalue weighted by molar-refractivity contribution is 6.17. The Morgan fingerprint density at radius 2 is 0.871 bits per heavy atom. The van der Waals surface area contributed by atoms with E-state index in [1.807, 2.05) is 0 Å². The predicted octanol–water partition coefficient (Wildman–Crippen LogP) is 16.0. The maximum atomic E-state index is 6.61. The lowest BCUT2D eigenvalue weighted by atomic mass is 9.69. The standard InChI is InChI=1S/C59H38N2O/c1-4-20-40(21-5-1)60(41-22-6-2-7-23-41)43-35-36-47-45-27-12-15-30-50(45)59(52(47)38-43)51-31-16-13-28-46(51)49-37-39-19-10-11-26-44(39)58(57(49)59)61(42-24-8-3-9-25-42)53-32-18-34-55-56(53)48-29-14-17-33-54(48)62-55/h1-38H. The molecule has 2 aliphatic carbocycles. The molecule has 10 aromatic carbocycles. The molecule has 1 heterocycles. The van der Waals surface area contributed by atoms with Gasteiger partial charge in [0, 0.05) is 39.1 Å².